The molecule has 7 heteroatoms. The Kier molecular flexibility index (Phi) is 3.95. The number of anilines is 1. The van der Waals surface area contributed by atoms with E-state index in [0.717, 1.165) is 36.0 Å². The standard InChI is InChI=1S/C21H19N5O2/c27-19(12-26-6-5-13-3-1-2-4-14(13)11-26)24-16-7-17-20-15(9-22-18(20)8-16)10-23-25-21(17)28/h1-4,7-10,22H,5-6,11-12H2,(H,24,27)(H,25,28). The molecular weight excluding hydrogens is 354 g/mol. The van der Waals surface area contributed by atoms with Crippen molar-refractivity contribution in [1.29, 1.82) is 0 Å². The summed E-state index contributed by atoms with van der Waals surface area (Å²) in [7, 11) is 0. The van der Waals surface area contributed by atoms with Gasteiger partial charge in [-0.05, 0) is 29.7 Å². The molecule has 7 nitrogen and oxygen atoms in total. The number of nitrogens with one attached hydrogen (secondary N) is 3. The Hall–Kier alpha value is -3.45. The molecule has 3 heterocycles. The number of fused-ring (bicyclic) bond motifs is 1. The van der Waals surface area contributed by atoms with Gasteiger partial charge in [-0.15, -0.1) is 0 Å². The van der Waals surface area contributed by atoms with Gasteiger partial charge in [0.2, 0.25) is 5.91 Å². The Balaban J connectivity index is 1.34. The van der Waals surface area contributed by atoms with Gasteiger partial charge in [0.25, 0.3) is 5.91 Å². The molecule has 0 atom stereocenters. The lowest BCUT2D eigenvalue weighted by molar-refractivity contribution is -0.117. The summed E-state index contributed by atoms with van der Waals surface area (Å²) in [6, 6.07) is 11.9. The molecule has 0 spiro atoms. The second kappa shape index (κ2) is 6.61. The van der Waals surface area contributed by atoms with Crippen LogP contribution in [0.2, 0.25) is 0 Å². The van der Waals surface area contributed by atoms with Crippen molar-refractivity contribution < 1.29 is 9.59 Å². The molecule has 0 bridgehead atoms. The van der Waals surface area contributed by atoms with Crippen LogP contribution in [0.1, 0.15) is 27.0 Å². The van der Waals surface area contributed by atoms with E-state index in [-0.39, 0.29) is 11.8 Å². The number of hydrogen-bond donors (Lipinski definition) is 3. The Labute approximate surface area is 161 Å². The molecule has 1 aromatic heterocycles. The number of hydrogen-bond acceptors (Lipinski definition) is 4. The molecule has 3 N–H and O–H groups in total. The summed E-state index contributed by atoms with van der Waals surface area (Å²) in [5.74, 6) is -0.383. The van der Waals surface area contributed by atoms with Gasteiger partial charge in [-0.2, -0.15) is 5.10 Å². The van der Waals surface area contributed by atoms with E-state index in [4.69, 9.17) is 0 Å². The highest BCUT2D eigenvalue weighted by Gasteiger charge is 2.20. The largest absolute Gasteiger partial charge is 0.360 e. The van der Waals surface area contributed by atoms with Crippen LogP contribution in [0.15, 0.2) is 47.7 Å². The van der Waals surface area contributed by atoms with E-state index in [0.29, 0.717) is 17.8 Å². The zero-order chi connectivity index (χ0) is 19.1. The van der Waals surface area contributed by atoms with Crippen LogP contribution >= 0.6 is 0 Å². The van der Waals surface area contributed by atoms with Gasteiger partial charge >= 0.3 is 0 Å². The summed E-state index contributed by atoms with van der Waals surface area (Å²) in [6.45, 7) is 1.94. The summed E-state index contributed by atoms with van der Waals surface area (Å²) in [6.07, 6.45) is 4.36. The van der Waals surface area contributed by atoms with E-state index in [2.05, 4.69) is 43.9 Å². The van der Waals surface area contributed by atoms with E-state index < -0.39 is 0 Å². The molecule has 0 radical (unpaired) electrons. The van der Waals surface area contributed by atoms with Crippen molar-refractivity contribution in [2.45, 2.75) is 13.0 Å². The van der Waals surface area contributed by atoms with Crippen LogP contribution in [0.5, 0.6) is 0 Å². The predicted molar refractivity (Wildman–Crippen MR) is 107 cm³/mol. The molecule has 0 saturated carbocycles. The quantitative estimate of drug-likeness (QED) is 0.658. The molecule has 2 amide bonds. The van der Waals surface area contributed by atoms with Crippen LogP contribution in [0.3, 0.4) is 0 Å². The molecule has 2 aromatic carbocycles. The number of aromatic amines is 1. The smallest absolute Gasteiger partial charge is 0.272 e. The van der Waals surface area contributed by atoms with Gasteiger partial charge in [0.05, 0.1) is 18.3 Å². The third-order valence-corrected chi connectivity index (χ3v) is 5.29. The van der Waals surface area contributed by atoms with Crippen molar-refractivity contribution in [3.05, 3.63) is 64.8 Å². The fourth-order valence-electron chi connectivity index (χ4n) is 3.96. The maximum Gasteiger partial charge on any atom is 0.272 e. The maximum absolute atomic E-state index is 12.6. The van der Waals surface area contributed by atoms with E-state index in [9.17, 15) is 9.59 Å². The number of hydrazone groups is 1. The molecule has 3 aromatic rings. The lowest BCUT2D eigenvalue weighted by atomic mass is 10.00. The normalized spacial score (nSPS) is 15.8. The number of nitrogens with zero attached hydrogens (tertiary/aromatic N) is 2. The van der Waals surface area contributed by atoms with Crippen LogP contribution in [-0.4, -0.2) is 41.0 Å². The fraction of sp³-hybridized carbons (Fsp3) is 0.190. The maximum atomic E-state index is 12.6. The van der Waals surface area contributed by atoms with Gasteiger partial charge in [-0.25, -0.2) is 5.43 Å². The topological polar surface area (TPSA) is 89.6 Å². The van der Waals surface area contributed by atoms with Gasteiger partial charge in [-0.1, -0.05) is 24.3 Å². The van der Waals surface area contributed by atoms with Crippen LogP contribution < -0.4 is 10.7 Å². The van der Waals surface area contributed by atoms with Gasteiger partial charge in [-0.3, -0.25) is 14.5 Å². The summed E-state index contributed by atoms with van der Waals surface area (Å²) < 4.78 is 0. The molecule has 2 aliphatic rings. The minimum atomic E-state index is -0.289. The average molecular weight is 373 g/mol. The predicted octanol–water partition coefficient (Wildman–Crippen LogP) is 2.24. The van der Waals surface area contributed by atoms with Crippen molar-refractivity contribution in [3.63, 3.8) is 0 Å². The molecule has 0 saturated heterocycles. The minimum absolute atomic E-state index is 0.0945. The summed E-state index contributed by atoms with van der Waals surface area (Å²) in [4.78, 5) is 30.2. The van der Waals surface area contributed by atoms with Crippen molar-refractivity contribution in [1.82, 2.24) is 15.3 Å². The average Bonchev–Trinajstić information content (AvgIpc) is 3.02. The van der Waals surface area contributed by atoms with E-state index in [1.807, 2.05) is 12.1 Å². The molecule has 28 heavy (non-hydrogen) atoms. The highest BCUT2D eigenvalue weighted by atomic mass is 16.2. The Bertz CT molecular complexity index is 1130. The number of aromatic nitrogens is 1. The minimum Gasteiger partial charge on any atom is -0.360 e. The SMILES string of the molecule is O=C(CN1CCc2ccccc2C1)Nc1cc2c3c(c[nH]c3c1)C=NNC2=O. The monoisotopic (exact) mass is 373 g/mol. The van der Waals surface area contributed by atoms with Gasteiger partial charge in [0.15, 0.2) is 0 Å². The molecule has 0 unspecified atom stereocenters. The van der Waals surface area contributed by atoms with E-state index in [1.165, 1.54) is 11.1 Å². The van der Waals surface area contributed by atoms with E-state index >= 15 is 0 Å². The second-order valence-electron chi connectivity index (χ2n) is 7.17. The first-order valence-electron chi connectivity index (χ1n) is 9.25. The lowest BCUT2D eigenvalue weighted by Gasteiger charge is -2.28. The lowest BCUT2D eigenvalue weighted by Crippen LogP contribution is -2.37. The van der Waals surface area contributed by atoms with Crippen molar-refractivity contribution >= 4 is 34.6 Å². The van der Waals surface area contributed by atoms with E-state index in [1.54, 1.807) is 18.5 Å². The van der Waals surface area contributed by atoms with Crippen molar-refractivity contribution in [3.8, 4) is 0 Å². The van der Waals surface area contributed by atoms with Gasteiger partial charge in [0.1, 0.15) is 0 Å². The number of carbonyl (C=O) groups is 2. The third-order valence-electron chi connectivity index (χ3n) is 5.29. The Morgan fingerprint density at radius 2 is 2.07 bits per heavy atom. The molecule has 2 aliphatic heterocycles. The first-order valence-corrected chi connectivity index (χ1v) is 9.25. The van der Waals surface area contributed by atoms with Crippen molar-refractivity contribution in [2.75, 3.05) is 18.4 Å². The molecule has 140 valence electrons. The molecule has 0 aliphatic carbocycles. The number of rotatable bonds is 3. The first kappa shape index (κ1) is 16.7. The highest BCUT2D eigenvalue weighted by Crippen LogP contribution is 2.27. The summed E-state index contributed by atoms with van der Waals surface area (Å²) in [5, 5.41) is 7.65. The van der Waals surface area contributed by atoms with Gasteiger partial charge < -0.3 is 10.3 Å². The van der Waals surface area contributed by atoms with Crippen LogP contribution in [-0.2, 0) is 17.8 Å². The highest BCUT2D eigenvalue weighted by molar-refractivity contribution is 6.15. The van der Waals surface area contributed by atoms with Crippen LogP contribution in [0.4, 0.5) is 5.69 Å². The Morgan fingerprint density at radius 1 is 1.21 bits per heavy atom. The van der Waals surface area contributed by atoms with Crippen molar-refractivity contribution in [2.24, 2.45) is 5.10 Å². The second-order valence-corrected chi connectivity index (χ2v) is 7.17. The number of H-pyrrole nitrogens is 1. The van der Waals surface area contributed by atoms with Crippen LogP contribution in [0.25, 0.3) is 10.9 Å². The number of benzene rings is 2. The zero-order valence-electron chi connectivity index (χ0n) is 15.2. The summed E-state index contributed by atoms with van der Waals surface area (Å²) in [5.41, 5.74) is 7.84. The number of amides is 2. The number of carbonyl (C=O) groups excluding carboxylic acids is 2. The Morgan fingerprint density at radius 3 is 2.96 bits per heavy atom. The third kappa shape index (κ3) is 2.95. The zero-order valence-corrected chi connectivity index (χ0v) is 15.2. The van der Waals surface area contributed by atoms with Gasteiger partial charge in [0, 0.05) is 41.4 Å². The first-order chi connectivity index (χ1) is 13.7. The fourth-order valence-corrected chi connectivity index (χ4v) is 3.96. The molecule has 0 fully saturated rings. The molecule has 5 rings (SSSR count). The molecular formula is C21H19N5O2. The summed E-state index contributed by atoms with van der Waals surface area (Å²) >= 11 is 0. The van der Waals surface area contributed by atoms with Crippen LogP contribution in [0, 0.1) is 0 Å².